The maximum Gasteiger partial charge on any atom is 0.116 e. The summed E-state index contributed by atoms with van der Waals surface area (Å²) in [4.78, 5) is 9.94. The van der Waals surface area contributed by atoms with E-state index < -0.39 is 0 Å². The van der Waals surface area contributed by atoms with E-state index in [0.717, 1.165) is 10.9 Å². The molecule has 0 spiro atoms. The lowest BCUT2D eigenvalue weighted by Gasteiger charge is -2.05. The fraction of sp³-hybridized carbons (Fsp3) is 0. The van der Waals surface area contributed by atoms with Gasteiger partial charge in [-0.3, -0.25) is 0 Å². The molecule has 0 unspecified atom stereocenters. The lowest BCUT2D eigenvalue weighted by molar-refractivity contribution is 1.23. The average molecular weight is 338 g/mol. The Bertz CT molecular complexity index is 1180. The maximum atomic E-state index is 4.41. The minimum atomic E-state index is 0.989. The van der Waals surface area contributed by atoms with Crippen LogP contribution in [0.2, 0.25) is 0 Å². The number of thiophene rings is 1. The second-order valence-electron chi connectivity index (χ2n) is 5.94. The van der Waals surface area contributed by atoms with Crippen molar-refractivity contribution in [2.45, 2.75) is 0 Å². The van der Waals surface area contributed by atoms with Crippen molar-refractivity contribution >= 4 is 32.3 Å². The maximum absolute atomic E-state index is 4.41. The summed E-state index contributed by atoms with van der Waals surface area (Å²) in [6, 6.07) is 25.5. The van der Waals surface area contributed by atoms with Crippen LogP contribution >= 0.6 is 11.3 Å². The van der Waals surface area contributed by atoms with Gasteiger partial charge in [0, 0.05) is 32.1 Å². The summed E-state index contributed by atoms with van der Waals surface area (Å²) < 4.78 is 1.25. The van der Waals surface area contributed by atoms with Gasteiger partial charge in [-0.1, -0.05) is 66.7 Å². The lowest BCUT2D eigenvalue weighted by atomic mass is 9.98. The fourth-order valence-corrected chi connectivity index (χ4v) is 4.63. The van der Waals surface area contributed by atoms with Crippen LogP contribution in [0.4, 0.5) is 0 Å². The second-order valence-corrected chi connectivity index (χ2v) is 6.96. The highest BCUT2D eigenvalue weighted by Crippen LogP contribution is 2.46. The first-order valence-electron chi connectivity index (χ1n) is 8.18. The molecule has 118 valence electrons. The Morgan fingerprint density at radius 2 is 1.40 bits per heavy atom. The van der Waals surface area contributed by atoms with Crippen LogP contribution in [0.3, 0.4) is 0 Å². The number of aromatic nitrogens is 2. The monoisotopic (exact) mass is 338 g/mol. The van der Waals surface area contributed by atoms with Gasteiger partial charge in [0.15, 0.2) is 0 Å². The number of hydrogen-bond donors (Lipinski definition) is 0. The minimum Gasteiger partial charge on any atom is -0.244 e. The van der Waals surface area contributed by atoms with Gasteiger partial charge in [0.25, 0.3) is 0 Å². The van der Waals surface area contributed by atoms with Crippen LogP contribution < -0.4 is 0 Å². The summed E-state index contributed by atoms with van der Waals surface area (Å²) >= 11 is 1.82. The molecule has 2 aromatic heterocycles. The second kappa shape index (κ2) is 5.80. The van der Waals surface area contributed by atoms with Gasteiger partial charge in [-0.15, -0.1) is 11.3 Å². The van der Waals surface area contributed by atoms with E-state index in [1.54, 1.807) is 6.33 Å². The molecule has 3 heteroatoms. The van der Waals surface area contributed by atoms with Crippen molar-refractivity contribution in [1.29, 1.82) is 0 Å². The van der Waals surface area contributed by atoms with Crippen LogP contribution in [0.1, 0.15) is 0 Å². The van der Waals surface area contributed by atoms with E-state index in [2.05, 4.69) is 82.8 Å². The first kappa shape index (κ1) is 14.3. The van der Waals surface area contributed by atoms with E-state index in [1.165, 1.54) is 31.7 Å². The first-order valence-corrected chi connectivity index (χ1v) is 8.99. The molecule has 2 nitrogen and oxygen atoms in total. The third kappa shape index (κ3) is 2.32. The van der Waals surface area contributed by atoms with Crippen molar-refractivity contribution in [2.24, 2.45) is 0 Å². The molecule has 5 rings (SSSR count). The van der Waals surface area contributed by atoms with Gasteiger partial charge in [0.05, 0.1) is 5.52 Å². The number of hydrogen-bond acceptors (Lipinski definition) is 3. The Morgan fingerprint density at radius 3 is 2.16 bits per heavy atom. The first-order chi connectivity index (χ1) is 12.4. The average Bonchev–Trinajstić information content (AvgIpc) is 3.09. The Labute approximate surface area is 149 Å². The highest BCUT2D eigenvalue weighted by molar-refractivity contribution is 7.24. The minimum absolute atomic E-state index is 0.989. The largest absolute Gasteiger partial charge is 0.244 e. The highest BCUT2D eigenvalue weighted by atomic mass is 32.1. The highest BCUT2D eigenvalue weighted by Gasteiger charge is 2.17. The number of nitrogens with zero attached hydrogens (tertiary/aromatic N) is 2. The molecule has 0 N–H and O–H groups in total. The van der Waals surface area contributed by atoms with E-state index >= 15 is 0 Å². The van der Waals surface area contributed by atoms with Crippen molar-refractivity contribution in [3.63, 3.8) is 0 Å². The molecule has 0 radical (unpaired) electrons. The zero-order valence-corrected chi connectivity index (χ0v) is 14.2. The van der Waals surface area contributed by atoms with Crippen LogP contribution in [0.5, 0.6) is 0 Å². The molecule has 0 fully saturated rings. The van der Waals surface area contributed by atoms with Crippen LogP contribution in [0, 0.1) is 0 Å². The van der Waals surface area contributed by atoms with Gasteiger partial charge < -0.3 is 0 Å². The van der Waals surface area contributed by atoms with Crippen molar-refractivity contribution in [2.75, 3.05) is 0 Å². The van der Waals surface area contributed by atoms with E-state index in [0.29, 0.717) is 0 Å². The van der Waals surface area contributed by atoms with Crippen molar-refractivity contribution < 1.29 is 0 Å². The standard InChI is InChI=1S/C22H14N2S/c1-3-7-15(8-4-1)20-17-11-12-19-18(13-23-14-24-19)22(17)25-21(20)16-9-5-2-6-10-16/h1-14H. The molecule has 2 heterocycles. The van der Waals surface area contributed by atoms with Crippen LogP contribution in [0.15, 0.2) is 85.3 Å². The summed E-state index contributed by atoms with van der Waals surface area (Å²) in [5.41, 5.74) is 4.76. The van der Waals surface area contributed by atoms with Gasteiger partial charge >= 0.3 is 0 Å². The molecular formula is C22H14N2S. The lowest BCUT2D eigenvalue weighted by Crippen LogP contribution is -1.82. The summed E-state index contributed by atoms with van der Waals surface area (Å²) in [5.74, 6) is 0. The molecule has 0 saturated heterocycles. The van der Waals surface area contributed by atoms with E-state index in [4.69, 9.17) is 0 Å². The van der Waals surface area contributed by atoms with E-state index in [9.17, 15) is 0 Å². The van der Waals surface area contributed by atoms with Gasteiger partial charge in [-0.2, -0.15) is 0 Å². The molecule has 5 aromatic rings. The smallest absolute Gasteiger partial charge is 0.116 e. The number of rotatable bonds is 2. The third-order valence-electron chi connectivity index (χ3n) is 4.44. The Hall–Kier alpha value is -3.04. The van der Waals surface area contributed by atoms with Gasteiger partial charge in [0.1, 0.15) is 6.33 Å². The third-order valence-corrected chi connectivity index (χ3v) is 5.73. The summed E-state index contributed by atoms with van der Waals surface area (Å²) in [6.07, 6.45) is 3.53. The molecule has 3 aromatic carbocycles. The van der Waals surface area contributed by atoms with Crippen molar-refractivity contribution in [1.82, 2.24) is 9.97 Å². The van der Waals surface area contributed by atoms with Crippen molar-refractivity contribution in [3.05, 3.63) is 85.3 Å². The summed E-state index contributed by atoms with van der Waals surface area (Å²) in [5, 5.41) is 2.38. The predicted molar refractivity (Wildman–Crippen MR) is 106 cm³/mol. The number of fused-ring (bicyclic) bond motifs is 3. The molecule has 0 atom stereocenters. The molecule has 0 aliphatic heterocycles. The van der Waals surface area contributed by atoms with Crippen LogP contribution in [0.25, 0.3) is 42.6 Å². The predicted octanol–water partition coefficient (Wildman–Crippen LogP) is 6.18. The topological polar surface area (TPSA) is 25.8 Å². The molecule has 0 amide bonds. The molecular weight excluding hydrogens is 324 g/mol. The fourth-order valence-electron chi connectivity index (χ4n) is 3.30. The quantitative estimate of drug-likeness (QED) is 0.384. The van der Waals surface area contributed by atoms with Crippen LogP contribution in [-0.4, -0.2) is 9.97 Å². The SMILES string of the molecule is c1ccc(-c2sc3c(ccc4ncncc43)c2-c2ccccc2)cc1. The zero-order valence-electron chi connectivity index (χ0n) is 13.4. The Morgan fingerprint density at radius 1 is 0.680 bits per heavy atom. The molecule has 0 aliphatic carbocycles. The van der Waals surface area contributed by atoms with Crippen molar-refractivity contribution in [3.8, 4) is 21.6 Å². The van der Waals surface area contributed by atoms with Gasteiger partial charge in [0.2, 0.25) is 0 Å². The molecule has 0 bridgehead atoms. The molecule has 0 aliphatic rings. The molecule has 25 heavy (non-hydrogen) atoms. The zero-order chi connectivity index (χ0) is 16.6. The van der Waals surface area contributed by atoms with E-state index in [-0.39, 0.29) is 0 Å². The molecule has 0 saturated carbocycles. The summed E-state index contributed by atoms with van der Waals surface area (Å²) in [6.45, 7) is 0. The summed E-state index contributed by atoms with van der Waals surface area (Å²) in [7, 11) is 0. The van der Waals surface area contributed by atoms with Gasteiger partial charge in [-0.25, -0.2) is 9.97 Å². The van der Waals surface area contributed by atoms with E-state index in [1.807, 2.05) is 17.5 Å². The number of benzene rings is 3. The Kier molecular flexibility index (Phi) is 3.32. The van der Waals surface area contributed by atoms with Crippen LogP contribution in [-0.2, 0) is 0 Å². The normalized spacial score (nSPS) is 11.2. The Balaban J connectivity index is 1.93. The van der Waals surface area contributed by atoms with Gasteiger partial charge in [-0.05, 0) is 17.2 Å².